The molecule has 0 fully saturated rings. The predicted molar refractivity (Wildman–Crippen MR) is 66.5 cm³/mol. The van der Waals surface area contributed by atoms with Crippen molar-refractivity contribution in [2.45, 2.75) is 39.5 Å². The molecule has 5 nitrogen and oxygen atoms in total. The van der Waals surface area contributed by atoms with E-state index in [4.69, 9.17) is 14.6 Å². The molecule has 0 aromatic heterocycles. The van der Waals surface area contributed by atoms with Crippen LogP contribution < -0.4 is 0 Å². The van der Waals surface area contributed by atoms with Gasteiger partial charge in [-0.25, -0.2) is 0 Å². The minimum Gasteiger partial charge on any atom is -0.466 e. The highest BCUT2D eigenvalue weighted by Crippen LogP contribution is 2.36. The molecule has 0 aliphatic heterocycles. The highest BCUT2D eigenvalue weighted by Gasteiger charge is 2.33. The van der Waals surface area contributed by atoms with E-state index in [1.54, 1.807) is 13.8 Å². The van der Waals surface area contributed by atoms with E-state index in [2.05, 4.69) is 0 Å². The van der Waals surface area contributed by atoms with Crippen molar-refractivity contribution in [1.29, 1.82) is 0 Å². The molecule has 1 N–H and O–H groups in total. The minimum atomic E-state index is -2.33. The van der Waals surface area contributed by atoms with Gasteiger partial charge < -0.3 is 19.1 Å². The molecule has 0 bridgehead atoms. The Bertz CT molecular complexity index is 244. The van der Waals surface area contributed by atoms with Crippen molar-refractivity contribution < 1.29 is 23.9 Å². The van der Waals surface area contributed by atoms with Crippen LogP contribution in [0.2, 0.25) is 0 Å². The average Bonchev–Trinajstić information content (AvgIpc) is 2.33. The zero-order chi connectivity index (χ0) is 13.3. The maximum absolute atomic E-state index is 11.8. The third-order valence-corrected chi connectivity index (χ3v) is 3.89. The molecule has 0 rings (SSSR count). The normalized spacial score (nSPS) is 16.2. The molecule has 3 atom stereocenters. The van der Waals surface area contributed by atoms with Gasteiger partial charge in [0.2, 0.25) is 0 Å². The van der Waals surface area contributed by atoms with Gasteiger partial charge in [-0.05, 0) is 20.3 Å². The number of carbonyl (C=O) groups is 1. The molecule has 102 valence electrons. The van der Waals surface area contributed by atoms with Crippen LogP contribution >= 0.6 is 7.80 Å². The topological polar surface area (TPSA) is 72.8 Å². The Morgan fingerprint density at radius 2 is 1.94 bits per heavy atom. The summed E-state index contributed by atoms with van der Waals surface area (Å²) < 4.78 is 22.0. The Labute approximate surface area is 103 Å². The maximum Gasteiger partial charge on any atom is 0.312 e. The second-order valence-electron chi connectivity index (χ2n) is 3.65. The van der Waals surface area contributed by atoms with Crippen LogP contribution in [0.25, 0.3) is 0 Å². The Morgan fingerprint density at radius 1 is 1.29 bits per heavy atom. The highest BCUT2D eigenvalue weighted by molar-refractivity contribution is 7.45. The predicted octanol–water partition coefficient (Wildman–Crippen LogP) is 1.84. The van der Waals surface area contributed by atoms with E-state index in [0.29, 0.717) is 13.0 Å². The number of aliphatic hydroxyl groups is 1. The number of aliphatic hydroxyl groups excluding tert-OH is 1. The Hall–Kier alpha value is -0.380. The van der Waals surface area contributed by atoms with Crippen molar-refractivity contribution in [3.05, 3.63) is 0 Å². The number of hydrogen-bond donors (Lipinski definition) is 1. The van der Waals surface area contributed by atoms with Crippen LogP contribution in [-0.4, -0.2) is 36.5 Å². The fraction of sp³-hybridized carbons (Fsp3) is 0.909. The molecule has 0 aromatic carbocycles. The van der Waals surface area contributed by atoms with Crippen LogP contribution in [0.5, 0.6) is 0 Å². The summed E-state index contributed by atoms with van der Waals surface area (Å²) in [5.41, 5.74) is 0. The summed E-state index contributed by atoms with van der Waals surface area (Å²) in [4.78, 5) is 11.8. The third-order valence-electron chi connectivity index (χ3n) is 2.37. The Balaban J connectivity index is 4.80. The zero-order valence-corrected chi connectivity index (χ0v) is 11.8. The lowest BCUT2D eigenvalue weighted by Crippen LogP contribution is -2.30. The van der Waals surface area contributed by atoms with Gasteiger partial charge in [0.1, 0.15) is 13.6 Å². The first-order valence-corrected chi connectivity index (χ1v) is 7.73. The average molecular weight is 266 g/mol. The first-order chi connectivity index (χ1) is 8.12. The van der Waals surface area contributed by atoms with Gasteiger partial charge in [-0.2, -0.15) is 0 Å². The molecule has 0 spiro atoms. The van der Waals surface area contributed by atoms with Crippen LogP contribution in [0.1, 0.15) is 33.6 Å². The SMILES string of the molecule is CCCC(C(=O)OCC)C(OCC)[PH](=O)CO. The largest absolute Gasteiger partial charge is 0.466 e. The second kappa shape index (κ2) is 9.63. The van der Waals surface area contributed by atoms with Gasteiger partial charge in [0.05, 0.1) is 18.9 Å². The van der Waals surface area contributed by atoms with Crippen molar-refractivity contribution in [2.75, 3.05) is 19.6 Å². The summed E-state index contributed by atoms with van der Waals surface area (Å²) in [5, 5.41) is 8.96. The van der Waals surface area contributed by atoms with Crippen molar-refractivity contribution in [3.8, 4) is 0 Å². The van der Waals surface area contributed by atoms with E-state index in [1.807, 2.05) is 6.92 Å². The smallest absolute Gasteiger partial charge is 0.312 e. The number of esters is 1. The Morgan fingerprint density at radius 3 is 2.35 bits per heavy atom. The van der Waals surface area contributed by atoms with Crippen LogP contribution in [0.3, 0.4) is 0 Å². The second-order valence-corrected chi connectivity index (χ2v) is 5.47. The summed E-state index contributed by atoms with van der Waals surface area (Å²) in [6, 6.07) is 0. The molecular weight excluding hydrogens is 243 g/mol. The van der Waals surface area contributed by atoms with Gasteiger partial charge in [-0.1, -0.05) is 13.3 Å². The summed E-state index contributed by atoms with van der Waals surface area (Å²) in [7, 11) is -2.33. The van der Waals surface area contributed by atoms with Gasteiger partial charge >= 0.3 is 5.97 Å². The van der Waals surface area contributed by atoms with Crippen LogP contribution in [-0.2, 0) is 18.8 Å². The van der Waals surface area contributed by atoms with Gasteiger partial charge in [0.25, 0.3) is 0 Å². The van der Waals surface area contributed by atoms with E-state index in [1.165, 1.54) is 0 Å². The van der Waals surface area contributed by atoms with E-state index < -0.39 is 25.9 Å². The van der Waals surface area contributed by atoms with Crippen LogP contribution in [0, 0.1) is 5.92 Å². The molecular formula is C11H23O5P. The fourth-order valence-corrected chi connectivity index (χ4v) is 2.94. The first kappa shape index (κ1) is 16.6. The molecule has 17 heavy (non-hydrogen) atoms. The van der Waals surface area contributed by atoms with E-state index in [0.717, 1.165) is 6.42 Å². The molecule has 6 heteroatoms. The van der Waals surface area contributed by atoms with Gasteiger partial charge in [-0.15, -0.1) is 0 Å². The van der Waals surface area contributed by atoms with Crippen molar-refractivity contribution in [3.63, 3.8) is 0 Å². The van der Waals surface area contributed by atoms with Crippen LogP contribution in [0.4, 0.5) is 0 Å². The number of rotatable bonds is 9. The quantitative estimate of drug-likeness (QED) is 0.509. The van der Waals surface area contributed by atoms with Gasteiger partial charge in [0, 0.05) is 6.61 Å². The van der Waals surface area contributed by atoms with Crippen molar-refractivity contribution in [2.24, 2.45) is 5.92 Å². The summed E-state index contributed by atoms with van der Waals surface area (Å²) in [6.45, 7) is 6.09. The summed E-state index contributed by atoms with van der Waals surface area (Å²) in [6.07, 6.45) is 0.891. The molecule has 0 aromatic rings. The lowest BCUT2D eigenvalue weighted by atomic mass is 10.1. The molecule has 0 heterocycles. The molecule has 3 unspecified atom stereocenters. The summed E-state index contributed by atoms with van der Waals surface area (Å²) >= 11 is 0. The Kier molecular flexibility index (Phi) is 9.41. The van der Waals surface area contributed by atoms with E-state index in [9.17, 15) is 9.36 Å². The molecule has 0 saturated carbocycles. The summed E-state index contributed by atoms with van der Waals surface area (Å²) in [5.74, 6) is -1.65. The molecule has 0 aliphatic rings. The molecule has 0 radical (unpaired) electrons. The van der Waals surface area contributed by atoms with E-state index >= 15 is 0 Å². The molecule has 0 aliphatic carbocycles. The lowest BCUT2D eigenvalue weighted by Gasteiger charge is -2.24. The first-order valence-electron chi connectivity index (χ1n) is 6.04. The lowest BCUT2D eigenvalue weighted by molar-refractivity contribution is -0.151. The monoisotopic (exact) mass is 266 g/mol. The maximum atomic E-state index is 11.8. The zero-order valence-electron chi connectivity index (χ0n) is 10.8. The standard InChI is InChI=1S/C11H23O5P/c1-4-7-9(10(13)15-5-2)11(16-6-3)17(14)8-12/h9,11-12,17H,4-8H2,1-3H3. The number of carbonyl (C=O) groups excluding carboxylic acids is 1. The molecule has 0 saturated heterocycles. The van der Waals surface area contributed by atoms with Crippen molar-refractivity contribution >= 4 is 13.8 Å². The van der Waals surface area contributed by atoms with Crippen molar-refractivity contribution in [1.82, 2.24) is 0 Å². The fourth-order valence-electron chi connectivity index (χ4n) is 1.66. The van der Waals surface area contributed by atoms with Crippen LogP contribution in [0.15, 0.2) is 0 Å². The van der Waals surface area contributed by atoms with E-state index in [-0.39, 0.29) is 12.6 Å². The number of hydrogen-bond acceptors (Lipinski definition) is 5. The third kappa shape index (κ3) is 5.66. The number of ether oxygens (including phenoxy) is 2. The van der Waals surface area contributed by atoms with Gasteiger partial charge in [-0.3, -0.25) is 4.79 Å². The molecule has 0 amide bonds. The highest BCUT2D eigenvalue weighted by atomic mass is 31.1. The minimum absolute atomic E-state index is 0.290. The van der Waals surface area contributed by atoms with Gasteiger partial charge in [0.15, 0.2) is 0 Å².